The van der Waals surface area contributed by atoms with Gasteiger partial charge < -0.3 is 14.4 Å². The number of fused-ring (bicyclic) bond motifs is 2. The topological polar surface area (TPSA) is 42.0 Å². The molecule has 0 spiro atoms. The highest BCUT2D eigenvalue weighted by molar-refractivity contribution is 6.00. The van der Waals surface area contributed by atoms with Crippen LogP contribution in [0.4, 0.5) is 0 Å². The molecule has 0 aliphatic carbocycles. The van der Waals surface area contributed by atoms with E-state index in [1.807, 2.05) is 11.0 Å². The molecule has 0 N–H and O–H groups in total. The Morgan fingerprint density at radius 1 is 0.963 bits per heavy atom. The second-order valence-electron chi connectivity index (χ2n) is 7.47. The molecule has 2 aromatic carbocycles. The predicted octanol–water partition coefficient (Wildman–Crippen LogP) is 2.51. The molecule has 1 fully saturated rings. The van der Waals surface area contributed by atoms with Crippen molar-refractivity contribution in [1.29, 1.82) is 0 Å². The zero-order chi connectivity index (χ0) is 18.2. The van der Waals surface area contributed by atoms with Crippen LogP contribution in [0.15, 0.2) is 36.4 Å². The Bertz CT molecular complexity index is 825. The summed E-state index contributed by atoms with van der Waals surface area (Å²) < 4.78 is 11.6. The molecule has 3 aliphatic rings. The van der Waals surface area contributed by atoms with E-state index in [1.165, 1.54) is 5.56 Å². The maximum atomic E-state index is 13.4. The standard InChI is InChI=1S/C22H24N2O3/c25-22(20-18-7-13-26-19(18)14-17-6-12-27-21(17)20)24-10-8-23(9-11-24)15-16-4-2-1-3-5-16/h1-5,14H,6-13,15H2. The molecule has 0 unspecified atom stereocenters. The Hall–Kier alpha value is -2.53. The first-order valence-corrected chi connectivity index (χ1v) is 9.79. The Kier molecular flexibility index (Phi) is 4.24. The molecule has 3 aliphatic heterocycles. The highest BCUT2D eigenvalue weighted by Crippen LogP contribution is 2.41. The van der Waals surface area contributed by atoms with Gasteiger partial charge in [0.25, 0.3) is 5.91 Å². The van der Waals surface area contributed by atoms with Crippen molar-refractivity contribution in [2.24, 2.45) is 0 Å². The van der Waals surface area contributed by atoms with E-state index < -0.39 is 0 Å². The maximum absolute atomic E-state index is 13.4. The second kappa shape index (κ2) is 6.89. The van der Waals surface area contributed by atoms with Crippen molar-refractivity contribution in [3.8, 4) is 11.5 Å². The van der Waals surface area contributed by atoms with Gasteiger partial charge in [-0.2, -0.15) is 0 Å². The number of amides is 1. The quantitative estimate of drug-likeness (QED) is 0.839. The van der Waals surface area contributed by atoms with Gasteiger partial charge in [-0.1, -0.05) is 30.3 Å². The number of ether oxygens (including phenoxy) is 2. The summed E-state index contributed by atoms with van der Waals surface area (Å²) in [5.41, 5.74) is 4.23. The van der Waals surface area contributed by atoms with Crippen molar-refractivity contribution >= 4 is 5.91 Å². The van der Waals surface area contributed by atoms with Crippen LogP contribution in [-0.2, 0) is 19.4 Å². The Morgan fingerprint density at radius 3 is 2.56 bits per heavy atom. The van der Waals surface area contributed by atoms with Gasteiger partial charge in [0.15, 0.2) is 0 Å². The zero-order valence-corrected chi connectivity index (χ0v) is 15.4. The molecule has 0 atom stereocenters. The van der Waals surface area contributed by atoms with Gasteiger partial charge in [0.05, 0.1) is 18.8 Å². The van der Waals surface area contributed by atoms with E-state index in [4.69, 9.17) is 9.47 Å². The average Bonchev–Trinajstić information content (AvgIpc) is 3.36. The average molecular weight is 364 g/mol. The van der Waals surface area contributed by atoms with E-state index in [-0.39, 0.29) is 5.91 Å². The highest BCUT2D eigenvalue weighted by Gasteiger charge is 2.33. The fourth-order valence-corrected chi connectivity index (χ4v) is 4.32. The number of hydrogen-bond donors (Lipinski definition) is 0. The van der Waals surface area contributed by atoms with Gasteiger partial charge in [0.1, 0.15) is 11.5 Å². The molecule has 27 heavy (non-hydrogen) atoms. The van der Waals surface area contributed by atoms with Crippen molar-refractivity contribution in [1.82, 2.24) is 9.80 Å². The molecule has 5 rings (SSSR count). The summed E-state index contributed by atoms with van der Waals surface area (Å²) in [5.74, 6) is 1.79. The molecule has 0 aromatic heterocycles. The molecule has 5 heteroatoms. The van der Waals surface area contributed by atoms with Crippen LogP contribution in [0, 0.1) is 0 Å². The first-order chi connectivity index (χ1) is 13.3. The van der Waals surface area contributed by atoms with Crippen LogP contribution in [0.3, 0.4) is 0 Å². The third-order valence-electron chi connectivity index (χ3n) is 5.77. The molecular formula is C22H24N2O3. The van der Waals surface area contributed by atoms with Crippen molar-refractivity contribution in [2.45, 2.75) is 19.4 Å². The summed E-state index contributed by atoms with van der Waals surface area (Å²) in [6.45, 7) is 5.56. The molecule has 0 bridgehead atoms. The van der Waals surface area contributed by atoms with Crippen molar-refractivity contribution in [3.05, 3.63) is 58.7 Å². The number of hydrogen-bond acceptors (Lipinski definition) is 4. The molecule has 2 aromatic rings. The van der Waals surface area contributed by atoms with Gasteiger partial charge in [0, 0.05) is 56.7 Å². The van der Waals surface area contributed by atoms with Crippen LogP contribution < -0.4 is 9.47 Å². The van der Waals surface area contributed by atoms with E-state index in [0.29, 0.717) is 13.2 Å². The summed E-state index contributed by atoms with van der Waals surface area (Å²) in [5, 5.41) is 0. The largest absolute Gasteiger partial charge is 0.493 e. The maximum Gasteiger partial charge on any atom is 0.258 e. The van der Waals surface area contributed by atoms with E-state index in [1.54, 1.807) is 0 Å². The minimum absolute atomic E-state index is 0.106. The lowest BCUT2D eigenvalue weighted by Gasteiger charge is -2.35. The molecule has 1 amide bonds. The minimum Gasteiger partial charge on any atom is -0.493 e. The van der Waals surface area contributed by atoms with Gasteiger partial charge in [-0.05, 0) is 11.6 Å². The van der Waals surface area contributed by atoms with E-state index in [0.717, 1.165) is 73.8 Å². The molecule has 0 saturated carbocycles. The summed E-state index contributed by atoms with van der Waals surface area (Å²) >= 11 is 0. The van der Waals surface area contributed by atoms with Gasteiger partial charge in [-0.3, -0.25) is 9.69 Å². The second-order valence-corrected chi connectivity index (χ2v) is 7.47. The number of carbonyl (C=O) groups excluding carboxylic acids is 1. The number of carbonyl (C=O) groups is 1. The van der Waals surface area contributed by atoms with Gasteiger partial charge >= 0.3 is 0 Å². The Balaban J connectivity index is 1.32. The normalized spacial score (nSPS) is 18.6. The Morgan fingerprint density at radius 2 is 1.74 bits per heavy atom. The van der Waals surface area contributed by atoms with Gasteiger partial charge in [0.2, 0.25) is 0 Å². The third kappa shape index (κ3) is 3.06. The molecular weight excluding hydrogens is 340 g/mol. The molecule has 3 heterocycles. The summed E-state index contributed by atoms with van der Waals surface area (Å²) in [6.07, 6.45) is 1.65. The van der Waals surface area contributed by atoms with E-state index >= 15 is 0 Å². The smallest absolute Gasteiger partial charge is 0.258 e. The van der Waals surface area contributed by atoms with E-state index in [9.17, 15) is 4.79 Å². The lowest BCUT2D eigenvalue weighted by atomic mass is 9.98. The number of nitrogens with zero attached hydrogens (tertiary/aromatic N) is 2. The SMILES string of the molecule is O=C(c1c2c(cc3c1OCC3)OCC2)N1CCN(Cc2ccccc2)CC1. The lowest BCUT2D eigenvalue weighted by molar-refractivity contribution is 0.0624. The molecule has 5 nitrogen and oxygen atoms in total. The number of piperazine rings is 1. The van der Waals surface area contributed by atoms with E-state index in [2.05, 4.69) is 35.2 Å². The first-order valence-electron chi connectivity index (χ1n) is 9.79. The zero-order valence-electron chi connectivity index (χ0n) is 15.4. The minimum atomic E-state index is 0.106. The Labute approximate surface area is 159 Å². The summed E-state index contributed by atoms with van der Waals surface area (Å²) in [4.78, 5) is 17.8. The van der Waals surface area contributed by atoms with Crippen LogP contribution in [0.25, 0.3) is 0 Å². The lowest BCUT2D eigenvalue weighted by Crippen LogP contribution is -2.48. The van der Waals surface area contributed by atoms with Gasteiger partial charge in [-0.15, -0.1) is 0 Å². The third-order valence-corrected chi connectivity index (χ3v) is 5.77. The van der Waals surface area contributed by atoms with Crippen LogP contribution in [0.5, 0.6) is 11.5 Å². The predicted molar refractivity (Wildman–Crippen MR) is 102 cm³/mol. The number of benzene rings is 2. The molecule has 0 radical (unpaired) electrons. The first kappa shape index (κ1) is 16.6. The number of rotatable bonds is 3. The fraction of sp³-hybridized carbons (Fsp3) is 0.409. The van der Waals surface area contributed by atoms with Crippen molar-refractivity contribution in [2.75, 3.05) is 39.4 Å². The fourth-order valence-electron chi connectivity index (χ4n) is 4.32. The monoisotopic (exact) mass is 364 g/mol. The van der Waals surface area contributed by atoms with Crippen LogP contribution in [0.1, 0.15) is 27.0 Å². The van der Waals surface area contributed by atoms with Crippen LogP contribution in [-0.4, -0.2) is 55.1 Å². The van der Waals surface area contributed by atoms with Crippen LogP contribution >= 0.6 is 0 Å². The summed E-state index contributed by atoms with van der Waals surface area (Å²) in [6, 6.07) is 12.6. The summed E-state index contributed by atoms with van der Waals surface area (Å²) in [7, 11) is 0. The molecule has 1 saturated heterocycles. The van der Waals surface area contributed by atoms with Crippen molar-refractivity contribution < 1.29 is 14.3 Å². The molecule has 140 valence electrons. The van der Waals surface area contributed by atoms with Gasteiger partial charge in [-0.25, -0.2) is 0 Å². The van der Waals surface area contributed by atoms with Crippen molar-refractivity contribution in [3.63, 3.8) is 0 Å². The van der Waals surface area contributed by atoms with Crippen LogP contribution in [0.2, 0.25) is 0 Å². The highest BCUT2D eigenvalue weighted by atomic mass is 16.5.